The van der Waals surface area contributed by atoms with Crippen molar-refractivity contribution < 1.29 is 8.96 Å². The van der Waals surface area contributed by atoms with E-state index >= 15 is 0 Å². The van der Waals surface area contributed by atoms with Crippen molar-refractivity contribution in [2.45, 2.75) is 0 Å². The fourth-order valence-corrected chi connectivity index (χ4v) is 0.248. The van der Waals surface area contributed by atoms with Crippen molar-refractivity contribution >= 4 is 16.3 Å². The van der Waals surface area contributed by atoms with Gasteiger partial charge in [0.2, 0.25) is 5.03 Å². The summed E-state index contributed by atoms with van der Waals surface area (Å²) in [5, 5.41) is 16.1. The van der Waals surface area contributed by atoms with Gasteiger partial charge in [0, 0.05) is 0 Å². The van der Waals surface area contributed by atoms with Crippen molar-refractivity contribution in [1.82, 2.24) is 5.17 Å². The summed E-state index contributed by atoms with van der Waals surface area (Å²) in [5.74, 6) is 0. The predicted molar refractivity (Wildman–Crippen MR) is 24.5 cm³/mol. The molecule has 0 aromatic carbocycles. The molecule has 0 aliphatic carbocycles. The third-order valence-corrected chi connectivity index (χ3v) is 0.574. The van der Waals surface area contributed by atoms with E-state index in [1.54, 1.807) is 0 Å². The molecule has 0 atom stereocenters. The molecule has 0 rings (SSSR count). The Labute approximate surface area is 52.8 Å². The summed E-state index contributed by atoms with van der Waals surface area (Å²) in [7, 11) is 0. The number of nitrogens with zero attached hydrogens (tertiary/aromatic N) is 3. The van der Waals surface area contributed by atoms with Crippen LogP contribution in [-0.4, -0.2) is 10.2 Å². The lowest BCUT2D eigenvalue weighted by Gasteiger charge is -1.93. The number of hydrogen-bond donors (Lipinski definition) is 0. The molecule has 7 heteroatoms. The third kappa shape index (κ3) is 1.72. The van der Waals surface area contributed by atoms with Gasteiger partial charge in [-0.15, -0.1) is 3.93 Å². The average Bonchev–Trinajstić information content (AvgIpc) is 1.69. The Hall–Kier alpha value is -0.870. The maximum atomic E-state index is 9.52. The minimum Gasteiger partial charge on any atom is -0.232 e. The van der Waals surface area contributed by atoms with Crippen molar-refractivity contribution in [2.75, 3.05) is 0 Å². The Kier molecular flexibility index (Phi) is 2.83. The molecule has 8 heavy (non-hydrogen) atoms. The molecule has 0 N–H and O–H groups in total. The summed E-state index contributed by atoms with van der Waals surface area (Å²) < 4.78 is 3.75. The summed E-state index contributed by atoms with van der Waals surface area (Å²) in [5.41, 5.74) is 0. The van der Waals surface area contributed by atoms with Gasteiger partial charge in [0.15, 0.2) is 0 Å². The molecular weight excluding hydrogens is 182 g/mol. The zero-order chi connectivity index (χ0) is 6.57. The molecule has 0 amide bonds. The zero-order valence-corrected chi connectivity index (χ0v) is 5.03. The highest BCUT2D eigenvalue weighted by molar-refractivity contribution is 9.05. The largest absolute Gasteiger partial charge is 0.281 e. The monoisotopic (exact) mass is 181 g/mol. The van der Waals surface area contributed by atoms with E-state index in [-0.39, 0.29) is 5.17 Å². The summed E-state index contributed by atoms with van der Waals surface area (Å²) in [6.45, 7) is 0. The Morgan fingerprint density at radius 2 is 2.50 bits per heavy atom. The van der Waals surface area contributed by atoms with Gasteiger partial charge in [-0.2, -0.15) is 5.26 Å². The molecule has 0 fully saturated rings. The smallest absolute Gasteiger partial charge is 0.232 e. The van der Waals surface area contributed by atoms with E-state index in [1.165, 1.54) is 0 Å². The molecular formula is CBrN3O3. The van der Waals surface area contributed by atoms with Crippen LogP contribution in [0.3, 0.4) is 0 Å². The molecule has 0 saturated heterocycles. The van der Waals surface area contributed by atoms with Crippen LogP contribution in [0.1, 0.15) is 0 Å². The number of rotatable bonds is 2. The number of hydroxylamine groups is 1. The van der Waals surface area contributed by atoms with Crippen molar-refractivity contribution in [3.63, 3.8) is 0 Å². The molecule has 0 heterocycles. The Bertz CT molecular complexity index is 129. The van der Waals surface area contributed by atoms with Gasteiger partial charge in [-0.3, -0.25) is 0 Å². The van der Waals surface area contributed by atoms with Gasteiger partial charge in [-0.25, -0.2) is 10.1 Å². The minimum atomic E-state index is -1.02. The first-order valence-electron chi connectivity index (χ1n) is 1.35. The Balaban J connectivity index is 3.76. The van der Waals surface area contributed by atoms with E-state index < -0.39 is 5.03 Å². The summed E-state index contributed by atoms with van der Waals surface area (Å²) in [6.07, 6.45) is 1.12. The summed E-state index contributed by atoms with van der Waals surface area (Å²) >= 11 is 2.24. The molecule has 0 spiro atoms. The molecule has 0 radical (unpaired) electrons. The van der Waals surface area contributed by atoms with Crippen LogP contribution in [0.2, 0.25) is 0 Å². The number of nitriles is 1. The lowest BCUT2D eigenvalue weighted by Crippen LogP contribution is -2.20. The Morgan fingerprint density at radius 1 is 2.00 bits per heavy atom. The standard InChI is InChI=1S/CBrN3O3/c2-8-4(1-3)5(6)7. The lowest BCUT2D eigenvalue weighted by atomic mass is 11.4. The van der Waals surface area contributed by atoms with Crippen LogP contribution in [0.4, 0.5) is 0 Å². The quantitative estimate of drug-likeness (QED) is 0.263. The first kappa shape index (κ1) is 7.13. The molecule has 0 unspecified atom stereocenters. The van der Waals surface area contributed by atoms with Gasteiger partial charge in [0.05, 0.1) is 0 Å². The first-order chi connectivity index (χ1) is 3.72. The third-order valence-electron chi connectivity index (χ3n) is 0.299. The Morgan fingerprint density at radius 3 is 2.50 bits per heavy atom. The summed E-state index contributed by atoms with van der Waals surface area (Å²) in [4.78, 5) is 9.52. The number of hydrogen-bond acceptors (Lipinski definition) is 4. The average molecular weight is 182 g/mol. The maximum Gasteiger partial charge on any atom is 0.281 e. The van der Waals surface area contributed by atoms with Gasteiger partial charge in [-0.05, 0) is 0 Å². The van der Waals surface area contributed by atoms with Crippen LogP contribution in [-0.2, 0) is 3.93 Å². The van der Waals surface area contributed by atoms with Crippen LogP contribution in [0, 0.1) is 21.6 Å². The van der Waals surface area contributed by atoms with Gasteiger partial charge in [-0.1, -0.05) is 0 Å². The molecule has 0 bridgehead atoms. The van der Waals surface area contributed by atoms with E-state index in [0.717, 1.165) is 6.19 Å². The zero-order valence-electron chi connectivity index (χ0n) is 3.44. The van der Waals surface area contributed by atoms with Crippen LogP contribution in [0.25, 0.3) is 0 Å². The van der Waals surface area contributed by atoms with Crippen molar-refractivity contribution in [2.24, 2.45) is 0 Å². The van der Waals surface area contributed by atoms with Crippen LogP contribution < -0.4 is 0 Å². The fraction of sp³-hybridized carbons (Fsp3) is 0. The molecule has 0 aromatic rings. The van der Waals surface area contributed by atoms with E-state index in [2.05, 4.69) is 20.2 Å². The lowest BCUT2D eigenvalue weighted by molar-refractivity contribution is -0.693. The fourth-order valence-electron chi connectivity index (χ4n) is 0.0771. The number of hydrazine groups is 1. The highest BCUT2D eigenvalue weighted by Crippen LogP contribution is 1.91. The van der Waals surface area contributed by atoms with Crippen LogP contribution in [0.15, 0.2) is 0 Å². The van der Waals surface area contributed by atoms with E-state index in [4.69, 9.17) is 5.26 Å². The second-order valence-corrected chi connectivity index (χ2v) is 0.969. The second kappa shape index (κ2) is 3.17. The molecule has 6 nitrogen and oxygen atoms in total. The minimum absolute atomic E-state index is 0.139. The van der Waals surface area contributed by atoms with Crippen LogP contribution in [0.5, 0.6) is 0 Å². The topological polar surface area (TPSA) is 79.4 Å². The molecule has 44 valence electrons. The van der Waals surface area contributed by atoms with E-state index in [9.17, 15) is 10.1 Å². The van der Waals surface area contributed by atoms with E-state index in [1.807, 2.05) is 0 Å². The SMILES string of the molecule is N#CN(OBr)[N+](=O)[O-]. The van der Waals surface area contributed by atoms with Crippen molar-refractivity contribution in [3.8, 4) is 6.19 Å². The highest BCUT2D eigenvalue weighted by Gasteiger charge is 2.11. The second-order valence-electron chi connectivity index (χ2n) is 0.680. The first-order valence-corrected chi connectivity index (χ1v) is 2.00. The number of nitro groups is 1. The van der Waals surface area contributed by atoms with Gasteiger partial charge >= 0.3 is 0 Å². The predicted octanol–water partition coefficient (Wildman–Crippen LogP) is 0.203. The number of halogens is 1. The maximum absolute atomic E-state index is 9.52. The highest BCUT2D eigenvalue weighted by atomic mass is 79.9. The van der Waals surface area contributed by atoms with Crippen molar-refractivity contribution in [3.05, 3.63) is 10.1 Å². The molecule has 0 aromatic heterocycles. The van der Waals surface area contributed by atoms with Gasteiger partial charge in [0.1, 0.15) is 21.4 Å². The van der Waals surface area contributed by atoms with Crippen molar-refractivity contribution in [1.29, 1.82) is 5.26 Å². The molecule has 0 aliphatic heterocycles. The molecule has 0 saturated carbocycles. The van der Waals surface area contributed by atoms with Gasteiger partial charge < -0.3 is 0 Å². The normalized spacial score (nSPS) is 7.50. The van der Waals surface area contributed by atoms with Crippen LogP contribution >= 0.6 is 16.3 Å². The van der Waals surface area contributed by atoms with E-state index in [0.29, 0.717) is 0 Å². The summed E-state index contributed by atoms with van der Waals surface area (Å²) in [6, 6.07) is 0. The molecule has 0 aliphatic rings. The van der Waals surface area contributed by atoms with Gasteiger partial charge in [0.25, 0.3) is 6.19 Å².